The van der Waals surface area contributed by atoms with Gasteiger partial charge in [0.1, 0.15) is 0 Å². The van der Waals surface area contributed by atoms with Crippen molar-refractivity contribution in [2.24, 2.45) is 0 Å². The molecule has 1 aliphatic rings. The Morgan fingerprint density at radius 3 is 2.90 bits per heavy atom. The third kappa shape index (κ3) is 5.25. The molecule has 0 saturated carbocycles. The molecule has 6 heteroatoms. The molecule has 1 aromatic rings. The third-order valence-electron chi connectivity index (χ3n) is 3.73. The number of halogens is 2. The molecule has 1 fully saturated rings. The van der Waals surface area contributed by atoms with Gasteiger partial charge in [0.25, 0.3) is 0 Å². The average Bonchev–Trinajstić information content (AvgIpc) is 2.82. The van der Waals surface area contributed by atoms with Crippen LogP contribution in [0.5, 0.6) is 0 Å². The first-order chi connectivity index (χ1) is 9.60. The first-order valence-corrected chi connectivity index (χ1v) is 7.84. The molecule has 4 nitrogen and oxygen atoms in total. The summed E-state index contributed by atoms with van der Waals surface area (Å²) < 4.78 is 1.06. The Hall–Kier alpha value is -0.620. The topological polar surface area (TPSA) is 44.4 Å². The van der Waals surface area contributed by atoms with Crippen LogP contribution in [0.2, 0.25) is 0 Å². The predicted octanol–water partition coefficient (Wildman–Crippen LogP) is 2.80. The molecule has 0 aliphatic carbocycles. The number of rotatable bonds is 5. The fourth-order valence-electron chi connectivity index (χ4n) is 2.68. The van der Waals surface area contributed by atoms with Gasteiger partial charge in [0, 0.05) is 22.7 Å². The summed E-state index contributed by atoms with van der Waals surface area (Å²) in [4.78, 5) is 14.4. The lowest BCUT2D eigenvalue weighted by atomic mass is 10.2. The van der Waals surface area contributed by atoms with E-state index in [0.717, 1.165) is 28.8 Å². The van der Waals surface area contributed by atoms with Gasteiger partial charge in [-0.3, -0.25) is 9.69 Å². The number of hydrogen-bond donors (Lipinski definition) is 2. The van der Waals surface area contributed by atoms with Crippen LogP contribution in [0.3, 0.4) is 0 Å². The minimum absolute atomic E-state index is 0. The molecule has 1 amide bonds. The Morgan fingerprint density at radius 1 is 1.48 bits per heavy atom. The van der Waals surface area contributed by atoms with E-state index in [-0.39, 0.29) is 18.3 Å². The van der Waals surface area contributed by atoms with Gasteiger partial charge in [0.15, 0.2) is 0 Å². The molecule has 21 heavy (non-hydrogen) atoms. The Morgan fingerprint density at radius 2 is 2.24 bits per heavy atom. The normalized spacial score (nSPS) is 18.3. The highest BCUT2D eigenvalue weighted by atomic mass is 79.9. The molecule has 0 bridgehead atoms. The number of carbonyl (C=O) groups excluding carboxylic acids is 1. The molecule has 2 N–H and O–H groups in total. The van der Waals surface area contributed by atoms with Crippen molar-refractivity contribution in [3.8, 4) is 0 Å². The Bertz CT molecular complexity index is 484. The second kappa shape index (κ2) is 8.73. The molecule has 1 saturated heterocycles. The van der Waals surface area contributed by atoms with Crippen molar-refractivity contribution in [2.45, 2.75) is 25.8 Å². The van der Waals surface area contributed by atoms with Crippen LogP contribution in [0.15, 0.2) is 22.7 Å². The highest BCUT2D eigenvalue weighted by Crippen LogP contribution is 2.20. The number of hydrogen-bond acceptors (Lipinski definition) is 3. The van der Waals surface area contributed by atoms with Crippen molar-refractivity contribution in [1.82, 2.24) is 10.2 Å². The monoisotopic (exact) mass is 375 g/mol. The van der Waals surface area contributed by atoms with Crippen LogP contribution in [0.4, 0.5) is 5.69 Å². The largest absolute Gasteiger partial charge is 0.325 e. The molecule has 0 radical (unpaired) electrons. The molecule has 1 aromatic carbocycles. The number of likely N-dealkylation sites (tertiary alicyclic amines) is 1. The fraction of sp³-hybridized carbons (Fsp3) is 0.533. The van der Waals surface area contributed by atoms with Crippen LogP contribution >= 0.6 is 28.3 Å². The molecular formula is C15H23BrClN3O. The lowest BCUT2D eigenvalue weighted by Gasteiger charge is -2.23. The summed E-state index contributed by atoms with van der Waals surface area (Å²) in [6, 6.07) is 6.35. The molecule has 1 atom stereocenters. The van der Waals surface area contributed by atoms with E-state index in [2.05, 4.69) is 31.5 Å². The summed E-state index contributed by atoms with van der Waals surface area (Å²) >= 11 is 3.46. The smallest absolute Gasteiger partial charge is 0.238 e. The minimum atomic E-state index is 0. The molecule has 0 spiro atoms. The van der Waals surface area contributed by atoms with Crippen molar-refractivity contribution in [3.63, 3.8) is 0 Å². The molecule has 1 heterocycles. The van der Waals surface area contributed by atoms with Crippen LogP contribution in [-0.4, -0.2) is 43.5 Å². The maximum Gasteiger partial charge on any atom is 0.238 e. The Balaban J connectivity index is 0.00000220. The number of benzene rings is 1. The van der Waals surface area contributed by atoms with Crippen molar-refractivity contribution in [1.29, 1.82) is 0 Å². The molecule has 0 aromatic heterocycles. The average molecular weight is 377 g/mol. The van der Waals surface area contributed by atoms with Gasteiger partial charge >= 0.3 is 0 Å². The van der Waals surface area contributed by atoms with Crippen LogP contribution < -0.4 is 10.6 Å². The minimum Gasteiger partial charge on any atom is -0.325 e. The van der Waals surface area contributed by atoms with Crippen LogP contribution in [0, 0.1) is 6.92 Å². The second-order valence-electron chi connectivity index (χ2n) is 5.34. The van der Waals surface area contributed by atoms with E-state index < -0.39 is 0 Å². The lowest BCUT2D eigenvalue weighted by molar-refractivity contribution is -0.117. The van der Waals surface area contributed by atoms with Crippen LogP contribution in [0.1, 0.15) is 18.4 Å². The fourth-order valence-corrected chi connectivity index (χ4v) is 2.92. The zero-order chi connectivity index (χ0) is 14.5. The number of anilines is 1. The predicted molar refractivity (Wildman–Crippen MR) is 93.3 cm³/mol. The van der Waals surface area contributed by atoms with Crippen LogP contribution in [0.25, 0.3) is 0 Å². The summed E-state index contributed by atoms with van der Waals surface area (Å²) in [7, 11) is 1.96. The quantitative estimate of drug-likeness (QED) is 0.830. The van der Waals surface area contributed by atoms with Crippen LogP contribution in [-0.2, 0) is 4.79 Å². The zero-order valence-corrected chi connectivity index (χ0v) is 14.9. The van der Waals surface area contributed by atoms with Gasteiger partial charge in [-0.15, -0.1) is 12.4 Å². The number of aryl methyl sites for hydroxylation is 1. The highest BCUT2D eigenvalue weighted by Gasteiger charge is 2.25. The number of likely N-dealkylation sites (N-methyl/N-ethyl adjacent to an activating group) is 1. The number of carbonyl (C=O) groups is 1. The lowest BCUT2D eigenvalue weighted by Crippen LogP contribution is -2.41. The molecule has 118 valence electrons. The molecular weight excluding hydrogens is 354 g/mol. The van der Waals surface area contributed by atoms with E-state index >= 15 is 0 Å². The highest BCUT2D eigenvalue weighted by molar-refractivity contribution is 9.10. The summed E-state index contributed by atoms with van der Waals surface area (Å²) in [6.07, 6.45) is 2.35. The van der Waals surface area contributed by atoms with Gasteiger partial charge < -0.3 is 10.6 Å². The van der Waals surface area contributed by atoms with E-state index in [1.165, 1.54) is 12.8 Å². The Kier molecular flexibility index (Phi) is 7.66. The van der Waals surface area contributed by atoms with Crippen molar-refractivity contribution in [2.75, 3.05) is 32.0 Å². The molecule has 2 rings (SSSR count). The molecule has 1 unspecified atom stereocenters. The number of amides is 1. The van der Waals surface area contributed by atoms with Gasteiger partial charge in [0.2, 0.25) is 5.91 Å². The standard InChI is InChI=1S/C15H22BrN3O.ClH/c1-11-8-12(5-6-14(11)16)18-15(20)10-19-7-3-4-13(19)9-17-2;/h5-6,8,13,17H,3-4,7,9-10H2,1-2H3,(H,18,20);1H. The first-order valence-electron chi connectivity index (χ1n) is 7.05. The molecule has 1 aliphatic heterocycles. The maximum absolute atomic E-state index is 12.1. The summed E-state index contributed by atoms with van der Waals surface area (Å²) in [6.45, 7) is 4.45. The summed E-state index contributed by atoms with van der Waals surface area (Å²) in [5.74, 6) is 0.0646. The second-order valence-corrected chi connectivity index (χ2v) is 6.19. The van der Waals surface area contributed by atoms with E-state index in [0.29, 0.717) is 12.6 Å². The first kappa shape index (κ1) is 18.4. The van der Waals surface area contributed by atoms with Gasteiger partial charge in [0.05, 0.1) is 6.54 Å². The van der Waals surface area contributed by atoms with E-state index in [9.17, 15) is 4.79 Å². The summed E-state index contributed by atoms with van der Waals surface area (Å²) in [5.41, 5.74) is 1.98. The SMILES string of the molecule is CNCC1CCCN1CC(=O)Nc1ccc(Br)c(C)c1.Cl. The number of nitrogens with zero attached hydrogens (tertiary/aromatic N) is 1. The van der Waals surface area contributed by atoms with Gasteiger partial charge in [-0.25, -0.2) is 0 Å². The van der Waals surface area contributed by atoms with E-state index in [1.807, 2.05) is 32.2 Å². The zero-order valence-electron chi connectivity index (χ0n) is 12.5. The third-order valence-corrected chi connectivity index (χ3v) is 4.62. The maximum atomic E-state index is 12.1. The van der Waals surface area contributed by atoms with Crippen molar-refractivity contribution in [3.05, 3.63) is 28.2 Å². The van der Waals surface area contributed by atoms with Gasteiger partial charge in [-0.1, -0.05) is 15.9 Å². The Labute approximate surface area is 141 Å². The van der Waals surface area contributed by atoms with Gasteiger partial charge in [-0.05, 0) is 57.1 Å². The number of nitrogens with one attached hydrogen (secondary N) is 2. The van der Waals surface area contributed by atoms with Crippen molar-refractivity contribution < 1.29 is 4.79 Å². The van der Waals surface area contributed by atoms with Gasteiger partial charge in [-0.2, -0.15) is 0 Å². The van der Waals surface area contributed by atoms with E-state index in [1.54, 1.807) is 0 Å². The summed E-state index contributed by atoms with van der Waals surface area (Å²) in [5, 5.41) is 6.18. The van der Waals surface area contributed by atoms with Crippen molar-refractivity contribution >= 4 is 39.9 Å². The van der Waals surface area contributed by atoms with E-state index in [4.69, 9.17) is 0 Å².